The summed E-state index contributed by atoms with van der Waals surface area (Å²) < 4.78 is 27.7. The summed E-state index contributed by atoms with van der Waals surface area (Å²) in [6.07, 6.45) is 2.63. The average Bonchev–Trinajstić information content (AvgIpc) is 2.92. The molecule has 1 atom stereocenters. The number of piperidine rings is 1. The normalized spacial score (nSPS) is 18.0. The van der Waals surface area contributed by atoms with Gasteiger partial charge in [-0.2, -0.15) is 5.10 Å². The van der Waals surface area contributed by atoms with Crippen LogP contribution in [0.3, 0.4) is 0 Å². The first-order valence-electron chi connectivity index (χ1n) is 9.52. The molecule has 1 fully saturated rings. The monoisotopic (exact) mass is 421 g/mol. The van der Waals surface area contributed by atoms with E-state index >= 15 is 0 Å². The summed E-state index contributed by atoms with van der Waals surface area (Å²) in [5.41, 5.74) is 2.34. The Hall–Kier alpha value is -2.46. The van der Waals surface area contributed by atoms with Crippen molar-refractivity contribution < 1.29 is 13.2 Å². The molecule has 2 aromatic rings. The second-order valence-electron chi connectivity index (χ2n) is 7.68. The minimum absolute atomic E-state index is 0.181. The lowest BCUT2D eigenvalue weighted by Gasteiger charge is -2.30. The van der Waals surface area contributed by atoms with Gasteiger partial charge in [0.1, 0.15) is 12.4 Å². The number of benzene rings is 1. The summed E-state index contributed by atoms with van der Waals surface area (Å²) >= 11 is 0. The number of aromatic nitrogens is 3. The van der Waals surface area contributed by atoms with Gasteiger partial charge in [-0.3, -0.25) is 9.36 Å². The fourth-order valence-electron chi connectivity index (χ4n) is 3.70. The predicted molar refractivity (Wildman–Crippen MR) is 110 cm³/mol. The first-order chi connectivity index (χ1) is 13.6. The fraction of sp³-hybridized carbons (Fsp3) is 0.526. The zero-order valence-corrected chi connectivity index (χ0v) is 18.0. The van der Waals surface area contributed by atoms with Crippen molar-refractivity contribution in [2.75, 3.05) is 24.7 Å². The Labute approximate surface area is 170 Å². The molecule has 29 heavy (non-hydrogen) atoms. The van der Waals surface area contributed by atoms with Gasteiger partial charge in [0, 0.05) is 31.7 Å². The summed E-state index contributed by atoms with van der Waals surface area (Å²) in [5.74, 6) is -0.0207. The maximum Gasteiger partial charge on any atom is 0.346 e. The number of nitrogens with one attached hydrogen (secondary N) is 1. The Morgan fingerprint density at radius 2 is 2.03 bits per heavy atom. The summed E-state index contributed by atoms with van der Waals surface area (Å²) in [5, 5.41) is 7.17. The lowest BCUT2D eigenvalue weighted by atomic mass is 9.99. The molecule has 2 heterocycles. The van der Waals surface area contributed by atoms with Gasteiger partial charge in [-0.15, -0.1) is 0 Å². The van der Waals surface area contributed by atoms with Gasteiger partial charge in [0.05, 0.1) is 6.26 Å². The molecule has 1 aromatic heterocycles. The van der Waals surface area contributed by atoms with Crippen LogP contribution in [-0.4, -0.2) is 52.3 Å². The van der Waals surface area contributed by atoms with Crippen molar-refractivity contribution in [2.45, 2.75) is 39.2 Å². The number of carbonyl (C=O) groups is 1. The molecule has 1 aliphatic rings. The molecule has 1 N–H and O–H groups in total. The number of nitrogens with zero attached hydrogens (tertiary/aromatic N) is 4. The second-order valence-corrected chi connectivity index (χ2v) is 9.67. The van der Waals surface area contributed by atoms with E-state index in [4.69, 9.17) is 0 Å². The quantitative estimate of drug-likeness (QED) is 0.774. The highest BCUT2D eigenvalue weighted by Gasteiger charge is 2.30. The molecular formula is C19H27N5O4S. The van der Waals surface area contributed by atoms with Crippen LogP contribution >= 0.6 is 0 Å². The zero-order valence-electron chi connectivity index (χ0n) is 17.2. The molecule has 1 amide bonds. The largest absolute Gasteiger partial charge is 0.346 e. The third kappa shape index (κ3) is 4.76. The summed E-state index contributed by atoms with van der Waals surface area (Å²) in [4.78, 5) is 25.0. The van der Waals surface area contributed by atoms with E-state index in [0.717, 1.165) is 22.2 Å². The van der Waals surface area contributed by atoms with Crippen molar-refractivity contribution >= 4 is 21.6 Å². The molecule has 0 unspecified atom stereocenters. The molecule has 0 radical (unpaired) electrons. The maximum atomic E-state index is 12.6. The molecule has 1 aliphatic heterocycles. The number of hydrogen-bond donors (Lipinski definition) is 1. The van der Waals surface area contributed by atoms with Crippen LogP contribution < -0.4 is 11.0 Å². The van der Waals surface area contributed by atoms with Crippen LogP contribution in [0, 0.1) is 13.8 Å². The van der Waals surface area contributed by atoms with E-state index in [1.165, 1.54) is 15.1 Å². The van der Waals surface area contributed by atoms with E-state index in [0.29, 0.717) is 24.5 Å². The first kappa shape index (κ1) is 21.3. The number of anilines is 1. The van der Waals surface area contributed by atoms with E-state index in [1.807, 2.05) is 32.0 Å². The Kier molecular flexibility index (Phi) is 5.95. The van der Waals surface area contributed by atoms with E-state index < -0.39 is 15.7 Å². The minimum atomic E-state index is -3.30. The lowest BCUT2D eigenvalue weighted by Crippen LogP contribution is -2.39. The number of sulfonamides is 1. The molecule has 0 bridgehead atoms. The third-order valence-corrected chi connectivity index (χ3v) is 6.51. The van der Waals surface area contributed by atoms with Crippen molar-refractivity contribution in [1.82, 2.24) is 18.7 Å². The molecule has 0 spiro atoms. The molecule has 158 valence electrons. The average molecular weight is 422 g/mol. The summed E-state index contributed by atoms with van der Waals surface area (Å²) in [6.45, 7) is 4.44. The van der Waals surface area contributed by atoms with Crippen molar-refractivity contribution in [2.24, 2.45) is 7.05 Å². The van der Waals surface area contributed by atoms with Crippen LogP contribution in [0.15, 0.2) is 23.0 Å². The number of hydrogen-bond acceptors (Lipinski definition) is 5. The summed E-state index contributed by atoms with van der Waals surface area (Å²) in [6, 6.07) is 5.71. The SMILES string of the molecule is Cc1ccc(NC(=O)Cn2nc([C@@H]3CCCN(S(C)(=O)=O)C3)n(C)c2=O)c(C)c1. The van der Waals surface area contributed by atoms with Gasteiger partial charge < -0.3 is 5.32 Å². The molecule has 9 nitrogen and oxygen atoms in total. The standard InChI is InChI=1S/C19H27N5O4S/c1-13-7-8-16(14(2)10-13)20-17(25)12-24-19(26)22(3)18(21-24)15-6-5-9-23(11-15)29(4,27)28/h7-8,10,15H,5-6,9,11-12H2,1-4H3,(H,20,25)/t15-/m1/s1. The number of aryl methyl sites for hydroxylation is 2. The predicted octanol–water partition coefficient (Wildman–Crippen LogP) is 0.976. The van der Waals surface area contributed by atoms with Crippen molar-refractivity contribution in [3.63, 3.8) is 0 Å². The Morgan fingerprint density at radius 1 is 1.31 bits per heavy atom. The first-order valence-corrected chi connectivity index (χ1v) is 11.4. The summed E-state index contributed by atoms with van der Waals surface area (Å²) in [7, 11) is -1.70. The Bertz CT molecular complexity index is 1090. The number of amides is 1. The lowest BCUT2D eigenvalue weighted by molar-refractivity contribution is -0.117. The van der Waals surface area contributed by atoms with Gasteiger partial charge in [0.2, 0.25) is 15.9 Å². The van der Waals surface area contributed by atoms with Gasteiger partial charge in [0.15, 0.2) is 0 Å². The fourth-order valence-corrected chi connectivity index (χ4v) is 4.61. The molecule has 0 aliphatic carbocycles. The molecule has 1 aromatic carbocycles. The number of carbonyl (C=O) groups excluding carboxylic acids is 1. The van der Waals surface area contributed by atoms with Gasteiger partial charge in [-0.25, -0.2) is 22.2 Å². The van der Waals surface area contributed by atoms with Crippen LogP contribution in [0.4, 0.5) is 5.69 Å². The van der Waals surface area contributed by atoms with E-state index in [9.17, 15) is 18.0 Å². The van der Waals surface area contributed by atoms with Gasteiger partial charge in [0.25, 0.3) is 0 Å². The number of rotatable bonds is 5. The van der Waals surface area contributed by atoms with Crippen LogP contribution in [0.2, 0.25) is 0 Å². The van der Waals surface area contributed by atoms with E-state index in [2.05, 4.69) is 10.4 Å². The minimum Gasteiger partial charge on any atom is -0.324 e. The van der Waals surface area contributed by atoms with Crippen LogP contribution in [0.25, 0.3) is 0 Å². The van der Waals surface area contributed by atoms with E-state index in [-0.39, 0.29) is 24.9 Å². The highest BCUT2D eigenvalue weighted by atomic mass is 32.2. The maximum absolute atomic E-state index is 12.6. The zero-order chi connectivity index (χ0) is 21.3. The smallest absolute Gasteiger partial charge is 0.324 e. The van der Waals surface area contributed by atoms with Crippen LogP contribution in [0.5, 0.6) is 0 Å². The van der Waals surface area contributed by atoms with Gasteiger partial charge in [-0.05, 0) is 38.3 Å². The second kappa shape index (κ2) is 8.11. The Morgan fingerprint density at radius 3 is 2.69 bits per heavy atom. The Balaban J connectivity index is 1.76. The van der Waals surface area contributed by atoms with Gasteiger partial charge in [-0.1, -0.05) is 17.7 Å². The highest BCUT2D eigenvalue weighted by molar-refractivity contribution is 7.88. The van der Waals surface area contributed by atoms with Crippen molar-refractivity contribution in [3.05, 3.63) is 45.6 Å². The van der Waals surface area contributed by atoms with Crippen molar-refractivity contribution in [1.29, 1.82) is 0 Å². The molecule has 1 saturated heterocycles. The van der Waals surface area contributed by atoms with Gasteiger partial charge >= 0.3 is 5.69 Å². The van der Waals surface area contributed by atoms with Crippen LogP contribution in [0.1, 0.15) is 35.7 Å². The topological polar surface area (TPSA) is 106 Å². The molecule has 10 heteroatoms. The van der Waals surface area contributed by atoms with E-state index in [1.54, 1.807) is 7.05 Å². The van der Waals surface area contributed by atoms with Crippen molar-refractivity contribution in [3.8, 4) is 0 Å². The van der Waals surface area contributed by atoms with Crippen LogP contribution in [-0.2, 0) is 28.4 Å². The molecule has 3 rings (SSSR count). The molecule has 0 saturated carbocycles. The highest BCUT2D eigenvalue weighted by Crippen LogP contribution is 2.26. The molecular weight excluding hydrogens is 394 g/mol. The third-order valence-electron chi connectivity index (χ3n) is 5.24.